The lowest BCUT2D eigenvalue weighted by atomic mass is 9.78. The number of benzene rings is 1. The van der Waals surface area contributed by atoms with Crippen LogP contribution in [0.2, 0.25) is 0 Å². The number of rotatable bonds is 5. The summed E-state index contributed by atoms with van der Waals surface area (Å²) in [6.07, 6.45) is 1.89. The largest absolute Gasteiger partial charge is 0.382 e. The Morgan fingerprint density at radius 2 is 2.08 bits per heavy atom. The minimum absolute atomic E-state index is 0.215. The molecule has 0 saturated carbocycles. The molecule has 0 radical (unpaired) electrons. The van der Waals surface area contributed by atoms with Gasteiger partial charge in [0.05, 0.1) is 13.1 Å². The van der Waals surface area contributed by atoms with E-state index in [0.717, 1.165) is 25.0 Å². The molecule has 0 aliphatic carbocycles. The van der Waals surface area contributed by atoms with Crippen molar-refractivity contribution in [1.82, 2.24) is 4.90 Å². The van der Waals surface area contributed by atoms with Gasteiger partial charge in [0.1, 0.15) is 5.60 Å². The van der Waals surface area contributed by atoms with E-state index in [1.165, 1.54) is 0 Å². The standard InChI is InChI=1S/C18H23F2NO3/c1-3-23-6-4-13-5-7-24-18(13)10-21(11-18)17(22)14-9-16(20)15(19)8-12(14)2/h8-9,13H,3-7,10-11H2,1-2H3/t13-/m0/s1. The van der Waals surface area contributed by atoms with Gasteiger partial charge in [-0.05, 0) is 50.3 Å². The second-order valence-electron chi connectivity index (χ2n) is 6.63. The molecular formula is C18H23F2NO3. The van der Waals surface area contributed by atoms with Crippen LogP contribution in [-0.2, 0) is 9.47 Å². The highest BCUT2D eigenvalue weighted by Crippen LogP contribution is 2.42. The third kappa shape index (κ3) is 3.05. The fourth-order valence-corrected chi connectivity index (χ4v) is 3.70. The smallest absolute Gasteiger partial charge is 0.254 e. The van der Waals surface area contributed by atoms with E-state index in [1.807, 2.05) is 6.92 Å². The third-order valence-corrected chi connectivity index (χ3v) is 5.12. The van der Waals surface area contributed by atoms with E-state index in [9.17, 15) is 13.6 Å². The maximum atomic E-state index is 13.4. The summed E-state index contributed by atoms with van der Waals surface area (Å²) in [5, 5.41) is 0. The van der Waals surface area contributed by atoms with Crippen molar-refractivity contribution in [2.75, 3.05) is 32.9 Å². The van der Waals surface area contributed by atoms with Gasteiger partial charge in [0, 0.05) is 25.4 Å². The van der Waals surface area contributed by atoms with Crippen LogP contribution in [-0.4, -0.2) is 49.3 Å². The third-order valence-electron chi connectivity index (χ3n) is 5.12. The van der Waals surface area contributed by atoms with Gasteiger partial charge < -0.3 is 14.4 Å². The predicted octanol–water partition coefficient (Wildman–Crippen LogP) is 2.93. The first kappa shape index (κ1) is 17.3. The van der Waals surface area contributed by atoms with Crippen LogP contribution in [0, 0.1) is 24.5 Å². The van der Waals surface area contributed by atoms with Gasteiger partial charge in [-0.15, -0.1) is 0 Å². The highest BCUT2D eigenvalue weighted by molar-refractivity contribution is 5.96. The van der Waals surface area contributed by atoms with Crippen LogP contribution in [0.1, 0.15) is 35.7 Å². The van der Waals surface area contributed by atoms with E-state index in [0.29, 0.717) is 44.4 Å². The van der Waals surface area contributed by atoms with Crippen molar-refractivity contribution in [3.05, 3.63) is 34.9 Å². The fraction of sp³-hybridized carbons (Fsp3) is 0.611. The first-order chi connectivity index (χ1) is 11.5. The molecule has 0 N–H and O–H groups in total. The quantitative estimate of drug-likeness (QED) is 0.774. The summed E-state index contributed by atoms with van der Waals surface area (Å²) in [6.45, 7) is 6.67. The average molecular weight is 339 g/mol. The number of nitrogens with zero attached hydrogens (tertiary/aromatic N) is 1. The molecule has 1 aromatic rings. The zero-order valence-electron chi connectivity index (χ0n) is 14.1. The fourth-order valence-electron chi connectivity index (χ4n) is 3.70. The molecular weight excluding hydrogens is 316 g/mol. The van der Waals surface area contributed by atoms with Gasteiger partial charge in [-0.1, -0.05) is 0 Å². The van der Waals surface area contributed by atoms with Gasteiger partial charge in [0.25, 0.3) is 5.91 Å². The molecule has 2 aliphatic rings. The monoisotopic (exact) mass is 339 g/mol. The molecule has 1 amide bonds. The van der Waals surface area contributed by atoms with Gasteiger partial charge in [-0.25, -0.2) is 8.78 Å². The first-order valence-corrected chi connectivity index (χ1v) is 8.43. The van der Waals surface area contributed by atoms with E-state index in [2.05, 4.69) is 0 Å². The van der Waals surface area contributed by atoms with E-state index in [1.54, 1.807) is 11.8 Å². The minimum Gasteiger partial charge on any atom is -0.382 e. The van der Waals surface area contributed by atoms with Crippen LogP contribution in [0.3, 0.4) is 0 Å². The molecule has 2 heterocycles. The van der Waals surface area contributed by atoms with Gasteiger partial charge in [-0.2, -0.15) is 0 Å². The summed E-state index contributed by atoms with van der Waals surface area (Å²) in [7, 11) is 0. The topological polar surface area (TPSA) is 38.8 Å². The number of ether oxygens (including phenoxy) is 2. The zero-order valence-corrected chi connectivity index (χ0v) is 14.1. The molecule has 2 saturated heterocycles. The van der Waals surface area contributed by atoms with Crippen LogP contribution in [0.15, 0.2) is 12.1 Å². The van der Waals surface area contributed by atoms with Crippen molar-refractivity contribution in [3.63, 3.8) is 0 Å². The molecule has 2 aliphatic heterocycles. The van der Waals surface area contributed by atoms with E-state index in [-0.39, 0.29) is 17.1 Å². The molecule has 0 bridgehead atoms. The number of hydrogen-bond donors (Lipinski definition) is 0. The van der Waals surface area contributed by atoms with Gasteiger partial charge in [-0.3, -0.25) is 4.79 Å². The Bertz CT molecular complexity index is 629. The van der Waals surface area contributed by atoms with Gasteiger partial charge >= 0.3 is 0 Å². The molecule has 2 fully saturated rings. The van der Waals surface area contributed by atoms with Gasteiger partial charge in [0.2, 0.25) is 0 Å². The number of hydrogen-bond acceptors (Lipinski definition) is 3. The predicted molar refractivity (Wildman–Crippen MR) is 84.9 cm³/mol. The lowest BCUT2D eigenvalue weighted by Crippen LogP contribution is -2.66. The number of aryl methyl sites for hydroxylation is 1. The maximum Gasteiger partial charge on any atom is 0.254 e. The Hall–Kier alpha value is -1.53. The Kier molecular flexibility index (Phi) is 4.88. The van der Waals surface area contributed by atoms with E-state index in [4.69, 9.17) is 9.47 Å². The van der Waals surface area contributed by atoms with Crippen molar-refractivity contribution in [3.8, 4) is 0 Å². The number of halogens is 2. The van der Waals surface area contributed by atoms with Crippen LogP contribution in [0.4, 0.5) is 8.78 Å². The van der Waals surface area contributed by atoms with Crippen LogP contribution < -0.4 is 0 Å². The summed E-state index contributed by atoms with van der Waals surface area (Å²) in [5.74, 6) is -1.82. The molecule has 3 rings (SSSR count). The van der Waals surface area contributed by atoms with Crippen molar-refractivity contribution in [1.29, 1.82) is 0 Å². The van der Waals surface area contributed by atoms with E-state index < -0.39 is 11.6 Å². The molecule has 0 unspecified atom stereocenters. The van der Waals surface area contributed by atoms with Crippen LogP contribution in [0.5, 0.6) is 0 Å². The molecule has 0 aromatic heterocycles. The molecule has 132 valence electrons. The summed E-state index contributed by atoms with van der Waals surface area (Å²) in [6, 6.07) is 2.05. The number of carbonyl (C=O) groups excluding carboxylic acids is 1. The zero-order chi connectivity index (χ0) is 17.3. The molecule has 1 aromatic carbocycles. The normalized spacial score (nSPS) is 22.0. The first-order valence-electron chi connectivity index (χ1n) is 8.43. The average Bonchev–Trinajstić information content (AvgIpc) is 2.93. The number of likely N-dealkylation sites (tertiary alicyclic amines) is 1. The highest BCUT2D eigenvalue weighted by Gasteiger charge is 2.54. The molecule has 4 nitrogen and oxygen atoms in total. The van der Waals surface area contributed by atoms with Crippen molar-refractivity contribution < 1.29 is 23.0 Å². The van der Waals surface area contributed by atoms with Crippen molar-refractivity contribution in [2.24, 2.45) is 5.92 Å². The minimum atomic E-state index is -0.995. The number of carbonyl (C=O) groups is 1. The van der Waals surface area contributed by atoms with E-state index >= 15 is 0 Å². The van der Waals surface area contributed by atoms with Crippen LogP contribution >= 0.6 is 0 Å². The Balaban J connectivity index is 1.65. The SMILES string of the molecule is CCOCC[C@H]1CCOC12CN(C(=O)c1cc(F)c(F)cc1C)C2. The van der Waals surface area contributed by atoms with Gasteiger partial charge in [0.15, 0.2) is 11.6 Å². The Labute approximate surface area is 140 Å². The summed E-state index contributed by atoms with van der Waals surface area (Å²) in [5.41, 5.74) is 0.367. The summed E-state index contributed by atoms with van der Waals surface area (Å²) < 4.78 is 38.0. The number of amides is 1. The molecule has 6 heteroatoms. The second kappa shape index (κ2) is 6.76. The lowest BCUT2D eigenvalue weighted by molar-refractivity contribution is -0.120. The van der Waals surface area contributed by atoms with Crippen molar-refractivity contribution >= 4 is 5.91 Å². The second-order valence-corrected chi connectivity index (χ2v) is 6.63. The van der Waals surface area contributed by atoms with Crippen molar-refractivity contribution in [2.45, 2.75) is 32.3 Å². The van der Waals surface area contributed by atoms with Crippen LogP contribution in [0.25, 0.3) is 0 Å². The lowest BCUT2D eigenvalue weighted by Gasteiger charge is -2.50. The Morgan fingerprint density at radius 1 is 1.38 bits per heavy atom. The molecule has 1 spiro atoms. The summed E-state index contributed by atoms with van der Waals surface area (Å²) >= 11 is 0. The maximum absolute atomic E-state index is 13.4. The molecule has 24 heavy (non-hydrogen) atoms. The highest BCUT2D eigenvalue weighted by atomic mass is 19.2. The molecule has 1 atom stereocenters. The summed E-state index contributed by atoms with van der Waals surface area (Å²) in [4.78, 5) is 14.2. The Morgan fingerprint density at radius 3 is 2.79 bits per heavy atom.